The van der Waals surface area contributed by atoms with Gasteiger partial charge in [-0.1, -0.05) is 51.1 Å². The topological polar surface area (TPSA) is 20.2 Å². The quantitative estimate of drug-likeness (QED) is 0.505. The minimum atomic E-state index is -0.694. The summed E-state index contributed by atoms with van der Waals surface area (Å²) in [5, 5.41) is 7.82. The first-order chi connectivity index (χ1) is 4.65. The lowest BCUT2D eigenvalue weighted by atomic mass is 10.2. The first-order valence-corrected chi connectivity index (χ1v) is 4.40. The first kappa shape index (κ1) is 12.9. The van der Waals surface area contributed by atoms with Gasteiger partial charge in [0.05, 0.1) is 0 Å². The summed E-state index contributed by atoms with van der Waals surface area (Å²) in [6, 6.07) is 0. The van der Waals surface area contributed by atoms with Crippen LogP contribution in [0.3, 0.4) is 0 Å². The lowest BCUT2D eigenvalue weighted by Crippen LogP contribution is -1.79. The van der Waals surface area contributed by atoms with Gasteiger partial charge >= 0.3 is 0 Å². The van der Waals surface area contributed by atoms with Crippen LogP contribution in [0, 0.1) is 0 Å². The summed E-state index contributed by atoms with van der Waals surface area (Å²) in [7, 11) is 0. The molecule has 0 saturated heterocycles. The summed E-state index contributed by atoms with van der Waals surface area (Å²) in [4.78, 5) is 0. The van der Waals surface area contributed by atoms with Crippen LogP contribution in [0.5, 0.6) is 0 Å². The molecule has 0 aromatic heterocycles. The number of halogens is 1. The number of rotatable bonds is 3. The lowest BCUT2D eigenvalue weighted by molar-refractivity contribution is 0.277. The van der Waals surface area contributed by atoms with E-state index in [1.54, 1.807) is 0 Å². The van der Waals surface area contributed by atoms with Crippen molar-refractivity contribution < 1.29 is 5.11 Å². The number of unbranched alkanes of at least 4 members (excludes halogenated alkanes) is 3. The first-order valence-electron chi connectivity index (χ1n) is 3.97. The SMILES string of the molecule is CC(O)Cl.CCCCCC. The van der Waals surface area contributed by atoms with Crippen LogP contribution in [-0.2, 0) is 0 Å². The van der Waals surface area contributed by atoms with Crippen LogP contribution in [0.1, 0.15) is 46.5 Å². The van der Waals surface area contributed by atoms with Gasteiger partial charge < -0.3 is 5.11 Å². The monoisotopic (exact) mass is 166 g/mol. The van der Waals surface area contributed by atoms with E-state index in [2.05, 4.69) is 13.8 Å². The Bertz CT molecular complexity index is 39.8. The van der Waals surface area contributed by atoms with Gasteiger partial charge in [-0.2, -0.15) is 0 Å². The van der Waals surface area contributed by atoms with Gasteiger partial charge in [-0.3, -0.25) is 0 Å². The molecule has 1 atom stereocenters. The minimum absolute atomic E-state index is 0.694. The molecule has 1 unspecified atom stereocenters. The molecular formula is C8H19ClO. The third-order valence-corrected chi connectivity index (χ3v) is 0.957. The second-order valence-electron chi connectivity index (χ2n) is 2.28. The van der Waals surface area contributed by atoms with Gasteiger partial charge in [0.25, 0.3) is 0 Å². The summed E-state index contributed by atoms with van der Waals surface area (Å²) < 4.78 is 0. The van der Waals surface area contributed by atoms with Crippen LogP contribution in [-0.4, -0.2) is 10.7 Å². The van der Waals surface area contributed by atoms with Crippen molar-refractivity contribution in [2.75, 3.05) is 0 Å². The molecule has 0 aliphatic heterocycles. The van der Waals surface area contributed by atoms with Crippen molar-refractivity contribution in [3.8, 4) is 0 Å². The molecule has 0 fully saturated rings. The van der Waals surface area contributed by atoms with Crippen LogP contribution in [0.25, 0.3) is 0 Å². The van der Waals surface area contributed by atoms with Gasteiger partial charge in [-0.25, -0.2) is 0 Å². The Balaban J connectivity index is 0. The predicted molar refractivity (Wildman–Crippen MR) is 47.3 cm³/mol. The number of hydrogen-bond donors (Lipinski definition) is 1. The predicted octanol–water partition coefficient (Wildman–Crippen LogP) is 3.15. The molecule has 0 aliphatic rings. The highest BCUT2D eigenvalue weighted by atomic mass is 35.5. The summed E-state index contributed by atoms with van der Waals surface area (Å²) in [5.74, 6) is 0. The zero-order valence-electron chi connectivity index (χ0n) is 7.23. The Labute approximate surface area is 69.4 Å². The molecule has 0 spiro atoms. The summed E-state index contributed by atoms with van der Waals surface area (Å²) in [6.07, 6.45) is 5.54. The number of aliphatic hydroxyl groups is 1. The van der Waals surface area contributed by atoms with Crippen LogP contribution < -0.4 is 0 Å². The van der Waals surface area contributed by atoms with Crippen LogP contribution in [0.15, 0.2) is 0 Å². The molecule has 0 aromatic rings. The van der Waals surface area contributed by atoms with E-state index in [0.29, 0.717) is 0 Å². The molecular weight excluding hydrogens is 148 g/mol. The number of alkyl halides is 1. The van der Waals surface area contributed by atoms with E-state index >= 15 is 0 Å². The van der Waals surface area contributed by atoms with Crippen LogP contribution in [0.4, 0.5) is 0 Å². The van der Waals surface area contributed by atoms with Crippen molar-refractivity contribution in [1.82, 2.24) is 0 Å². The van der Waals surface area contributed by atoms with E-state index in [1.165, 1.54) is 32.6 Å². The fourth-order valence-corrected chi connectivity index (χ4v) is 0.500. The molecule has 2 heteroatoms. The molecule has 0 radical (unpaired) electrons. The Hall–Kier alpha value is 0.250. The van der Waals surface area contributed by atoms with Gasteiger partial charge in [0, 0.05) is 0 Å². The molecule has 1 N–H and O–H groups in total. The highest BCUT2D eigenvalue weighted by Gasteiger charge is 1.75. The van der Waals surface area contributed by atoms with Crippen molar-refractivity contribution >= 4 is 11.6 Å². The highest BCUT2D eigenvalue weighted by molar-refractivity contribution is 6.19. The average molecular weight is 167 g/mol. The Kier molecular flexibility index (Phi) is 15.4. The minimum Gasteiger partial charge on any atom is -0.378 e. The third kappa shape index (κ3) is 41.1. The van der Waals surface area contributed by atoms with Gasteiger partial charge in [0.2, 0.25) is 0 Å². The standard InChI is InChI=1S/C6H14.C2H5ClO/c1-3-5-6-4-2;1-2(3)4/h3-6H2,1-2H3;2,4H,1H3. The third-order valence-electron chi connectivity index (χ3n) is 0.957. The average Bonchev–Trinajstić information content (AvgIpc) is 1.82. The highest BCUT2D eigenvalue weighted by Crippen LogP contribution is 1.95. The molecule has 0 heterocycles. The molecule has 0 amide bonds. The van der Waals surface area contributed by atoms with Crippen molar-refractivity contribution in [3.63, 3.8) is 0 Å². The summed E-state index contributed by atoms with van der Waals surface area (Å²) in [5.41, 5.74) is -0.694. The molecule has 0 saturated carbocycles. The maximum absolute atomic E-state index is 7.82. The van der Waals surface area contributed by atoms with Crippen molar-refractivity contribution in [1.29, 1.82) is 0 Å². The van der Waals surface area contributed by atoms with Gasteiger partial charge in [0.15, 0.2) is 0 Å². The largest absolute Gasteiger partial charge is 0.378 e. The summed E-state index contributed by atoms with van der Waals surface area (Å²) >= 11 is 4.83. The second-order valence-corrected chi connectivity index (χ2v) is 2.91. The van der Waals surface area contributed by atoms with E-state index < -0.39 is 5.56 Å². The molecule has 64 valence electrons. The Morgan fingerprint density at radius 2 is 1.40 bits per heavy atom. The Morgan fingerprint density at radius 3 is 1.50 bits per heavy atom. The lowest BCUT2D eigenvalue weighted by Gasteiger charge is -1.86. The Morgan fingerprint density at radius 1 is 1.20 bits per heavy atom. The van der Waals surface area contributed by atoms with Crippen molar-refractivity contribution in [2.45, 2.75) is 52.0 Å². The molecule has 0 rings (SSSR count). The van der Waals surface area contributed by atoms with Crippen molar-refractivity contribution in [2.24, 2.45) is 0 Å². The fraction of sp³-hybridized carbons (Fsp3) is 1.00. The maximum atomic E-state index is 7.82. The normalized spacial score (nSPS) is 11.7. The van der Waals surface area contributed by atoms with Gasteiger partial charge in [-0.05, 0) is 6.92 Å². The van der Waals surface area contributed by atoms with Crippen LogP contribution >= 0.6 is 11.6 Å². The van der Waals surface area contributed by atoms with E-state index in [9.17, 15) is 0 Å². The number of hydrogen-bond acceptors (Lipinski definition) is 1. The van der Waals surface area contributed by atoms with E-state index in [4.69, 9.17) is 16.7 Å². The molecule has 1 nitrogen and oxygen atoms in total. The van der Waals surface area contributed by atoms with E-state index in [-0.39, 0.29) is 0 Å². The maximum Gasteiger partial charge on any atom is 0.125 e. The molecule has 0 aromatic carbocycles. The summed E-state index contributed by atoms with van der Waals surface area (Å²) in [6.45, 7) is 5.95. The number of aliphatic hydroxyl groups excluding tert-OH is 1. The van der Waals surface area contributed by atoms with E-state index in [0.717, 1.165) is 0 Å². The van der Waals surface area contributed by atoms with E-state index in [1.807, 2.05) is 0 Å². The molecule has 0 bridgehead atoms. The zero-order valence-corrected chi connectivity index (χ0v) is 7.99. The van der Waals surface area contributed by atoms with Gasteiger partial charge in [-0.15, -0.1) is 0 Å². The fourth-order valence-electron chi connectivity index (χ4n) is 0.500. The second kappa shape index (κ2) is 12.0. The zero-order chi connectivity index (χ0) is 8.41. The van der Waals surface area contributed by atoms with Crippen LogP contribution in [0.2, 0.25) is 0 Å². The van der Waals surface area contributed by atoms with Crippen molar-refractivity contribution in [3.05, 3.63) is 0 Å². The molecule has 10 heavy (non-hydrogen) atoms. The smallest absolute Gasteiger partial charge is 0.125 e. The van der Waals surface area contributed by atoms with Gasteiger partial charge in [0.1, 0.15) is 5.56 Å². The molecule has 0 aliphatic carbocycles.